The standard InChI is InChI=1S/C25H24N4O4S/c1-17-10-7-8-15-22(17)24(30)26-19-11-9-14-21(16-19)34(32,33)27-23-18(2)28(3)29(25(23)31)20-12-5-4-6-13-20/h4-16,27H,1-3H3,(H,26,30). The number of amides is 1. The van der Waals surface area contributed by atoms with Crippen LogP contribution in [0.25, 0.3) is 5.69 Å². The smallest absolute Gasteiger partial charge is 0.296 e. The van der Waals surface area contributed by atoms with Gasteiger partial charge in [-0.3, -0.25) is 19.0 Å². The molecule has 0 aliphatic carbocycles. The van der Waals surface area contributed by atoms with Crippen molar-refractivity contribution in [1.29, 1.82) is 0 Å². The Hall–Kier alpha value is -4.11. The van der Waals surface area contributed by atoms with Gasteiger partial charge in [0.2, 0.25) is 0 Å². The lowest BCUT2D eigenvalue weighted by molar-refractivity contribution is 0.102. The molecule has 9 heteroatoms. The highest BCUT2D eigenvalue weighted by Crippen LogP contribution is 2.21. The molecule has 0 spiro atoms. The summed E-state index contributed by atoms with van der Waals surface area (Å²) in [4.78, 5) is 25.6. The van der Waals surface area contributed by atoms with Crippen LogP contribution in [0.5, 0.6) is 0 Å². The summed E-state index contributed by atoms with van der Waals surface area (Å²) in [5.41, 5.74) is 2.17. The molecule has 0 bridgehead atoms. The Kier molecular flexibility index (Phi) is 6.12. The topological polar surface area (TPSA) is 102 Å². The normalized spacial score (nSPS) is 11.3. The van der Waals surface area contributed by atoms with Crippen molar-refractivity contribution in [3.8, 4) is 5.69 Å². The van der Waals surface area contributed by atoms with Gasteiger partial charge in [-0.05, 0) is 55.8 Å². The third kappa shape index (κ3) is 4.38. The number of sulfonamides is 1. The molecule has 8 nitrogen and oxygen atoms in total. The molecule has 1 amide bonds. The molecule has 0 saturated heterocycles. The van der Waals surface area contributed by atoms with E-state index in [-0.39, 0.29) is 16.5 Å². The maximum Gasteiger partial charge on any atom is 0.296 e. The minimum Gasteiger partial charge on any atom is -0.322 e. The van der Waals surface area contributed by atoms with E-state index in [1.54, 1.807) is 61.1 Å². The van der Waals surface area contributed by atoms with E-state index < -0.39 is 15.6 Å². The number of aromatic nitrogens is 2. The first-order chi connectivity index (χ1) is 16.2. The summed E-state index contributed by atoms with van der Waals surface area (Å²) in [6.07, 6.45) is 0. The molecule has 1 heterocycles. The monoisotopic (exact) mass is 476 g/mol. The quantitative estimate of drug-likeness (QED) is 0.441. The second-order valence-corrected chi connectivity index (χ2v) is 9.52. The Bertz CT molecular complexity index is 1540. The second kappa shape index (κ2) is 9.03. The van der Waals surface area contributed by atoms with Gasteiger partial charge in [-0.1, -0.05) is 42.5 Å². The van der Waals surface area contributed by atoms with Crippen LogP contribution in [0.1, 0.15) is 21.6 Å². The van der Waals surface area contributed by atoms with Gasteiger partial charge in [0.15, 0.2) is 0 Å². The number of carbonyl (C=O) groups is 1. The molecule has 4 aromatic rings. The van der Waals surface area contributed by atoms with E-state index in [9.17, 15) is 18.0 Å². The summed E-state index contributed by atoms with van der Waals surface area (Å²) < 4.78 is 31.7. The van der Waals surface area contributed by atoms with Crippen molar-refractivity contribution >= 4 is 27.3 Å². The number of carbonyl (C=O) groups excluding carboxylic acids is 1. The number of rotatable bonds is 6. The molecule has 0 atom stereocenters. The Morgan fingerprint density at radius 3 is 2.26 bits per heavy atom. The lowest BCUT2D eigenvalue weighted by atomic mass is 10.1. The fourth-order valence-corrected chi connectivity index (χ4v) is 4.81. The zero-order valence-corrected chi connectivity index (χ0v) is 19.8. The van der Waals surface area contributed by atoms with Crippen LogP contribution in [0.15, 0.2) is 88.6 Å². The van der Waals surface area contributed by atoms with Crippen LogP contribution in [0.3, 0.4) is 0 Å². The fourth-order valence-electron chi connectivity index (χ4n) is 3.65. The average Bonchev–Trinajstić information content (AvgIpc) is 3.03. The molecule has 4 rings (SSSR count). The highest BCUT2D eigenvalue weighted by Gasteiger charge is 2.23. The SMILES string of the molecule is Cc1ccccc1C(=O)Nc1cccc(S(=O)(=O)Nc2c(C)n(C)n(-c3ccccc3)c2=O)c1. The van der Waals surface area contributed by atoms with E-state index in [1.807, 2.05) is 25.1 Å². The third-order valence-electron chi connectivity index (χ3n) is 5.58. The van der Waals surface area contributed by atoms with Crippen LogP contribution >= 0.6 is 0 Å². The zero-order valence-electron chi connectivity index (χ0n) is 18.9. The first kappa shape index (κ1) is 23.1. The number of para-hydroxylation sites is 1. The number of aryl methyl sites for hydroxylation is 1. The highest BCUT2D eigenvalue weighted by atomic mass is 32.2. The number of nitrogens with zero attached hydrogens (tertiary/aromatic N) is 2. The summed E-state index contributed by atoms with van der Waals surface area (Å²) in [5, 5.41) is 2.73. The van der Waals surface area contributed by atoms with Crippen LogP contribution in [-0.4, -0.2) is 23.7 Å². The van der Waals surface area contributed by atoms with E-state index in [0.29, 0.717) is 22.6 Å². The number of hydrogen-bond acceptors (Lipinski definition) is 4. The van der Waals surface area contributed by atoms with E-state index >= 15 is 0 Å². The number of hydrogen-bond donors (Lipinski definition) is 2. The Balaban J connectivity index is 1.64. The summed E-state index contributed by atoms with van der Waals surface area (Å²) in [5.74, 6) is -0.342. The average molecular weight is 477 g/mol. The fraction of sp³-hybridized carbons (Fsp3) is 0.120. The Labute approximate surface area is 197 Å². The molecule has 34 heavy (non-hydrogen) atoms. The maximum absolute atomic E-state index is 13.1. The summed E-state index contributed by atoms with van der Waals surface area (Å²) in [6, 6.07) is 22.0. The van der Waals surface area contributed by atoms with Gasteiger partial charge in [-0.2, -0.15) is 0 Å². The van der Waals surface area contributed by atoms with Gasteiger partial charge in [0.25, 0.3) is 21.5 Å². The van der Waals surface area contributed by atoms with E-state index in [2.05, 4.69) is 10.0 Å². The van der Waals surface area contributed by atoms with Gasteiger partial charge < -0.3 is 5.32 Å². The highest BCUT2D eigenvalue weighted by molar-refractivity contribution is 7.92. The van der Waals surface area contributed by atoms with Crippen molar-refractivity contribution in [1.82, 2.24) is 9.36 Å². The van der Waals surface area contributed by atoms with E-state index in [4.69, 9.17) is 0 Å². The van der Waals surface area contributed by atoms with Crippen LogP contribution in [0, 0.1) is 13.8 Å². The molecule has 2 N–H and O–H groups in total. The number of benzene rings is 3. The molecule has 174 valence electrons. The van der Waals surface area contributed by atoms with Gasteiger partial charge in [0, 0.05) is 18.3 Å². The van der Waals surface area contributed by atoms with Gasteiger partial charge in [-0.25, -0.2) is 13.1 Å². The van der Waals surface area contributed by atoms with Crippen molar-refractivity contribution in [3.05, 3.63) is 106 Å². The maximum atomic E-state index is 13.1. The van der Waals surface area contributed by atoms with Gasteiger partial charge in [-0.15, -0.1) is 0 Å². The van der Waals surface area contributed by atoms with Gasteiger partial charge >= 0.3 is 0 Å². The van der Waals surface area contributed by atoms with Gasteiger partial charge in [0.1, 0.15) is 5.69 Å². The Morgan fingerprint density at radius 1 is 0.882 bits per heavy atom. The van der Waals surface area contributed by atoms with Crippen molar-refractivity contribution < 1.29 is 13.2 Å². The molecule has 0 aliphatic rings. The number of anilines is 2. The van der Waals surface area contributed by atoms with Crippen LogP contribution in [-0.2, 0) is 17.1 Å². The zero-order chi connectivity index (χ0) is 24.5. The van der Waals surface area contributed by atoms with Crippen molar-refractivity contribution in [3.63, 3.8) is 0 Å². The van der Waals surface area contributed by atoms with E-state index in [0.717, 1.165) is 5.56 Å². The minimum absolute atomic E-state index is 0.0410. The first-order valence-electron chi connectivity index (χ1n) is 10.5. The second-order valence-electron chi connectivity index (χ2n) is 7.84. The molecular formula is C25H24N4O4S. The first-order valence-corrected chi connectivity index (χ1v) is 12.0. The van der Waals surface area contributed by atoms with Crippen molar-refractivity contribution in [2.75, 3.05) is 10.0 Å². The molecule has 3 aromatic carbocycles. The lowest BCUT2D eigenvalue weighted by Gasteiger charge is -2.10. The van der Waals surface area contributed by atoms with Gasteiger partial charge in [0.05, 0.1) is 16.3 Å². The number of nitrogens with one attached hydrogen (secondary N) is 2. The molecule has 0 radical (unpaired) electrons. The third-order valence-corrected chi connectivity index (χ3v) is 6.93. The van der Waals surface area contributed by atoms with Crippen molar-refractivity contribution in [2.24, 2.45) is 7.05 Å². The van der Waals surface area contributed by atoms with Crippen LogP contribution < -0.4 is 15.6 Å². The summed E-state index contributed by atoms with van der Waals surface area (Å²) in [6.45, 7) is 3.49. The molecule has 0 saturated carbocycles. The molecule has 1 aromatic heterocycles. The molecule has 0 unspecified atom stereocenters. The largest absolute Gasteiger partial charge is 0.322 e. The summed E-state index contributed by atoms with van der Waals surface area (Å²) in [7, 11) is -2.42. The molecule has 0 aliphatic heterocycles. The van der Waals surface area contributed by atoms with Crippen molar-refractivity contribution in [2.45, 2.75) is 18.7 Å². The Morgan fingerprint density at radius 2 is 1.56 bits per heavy atom. The summed E-state index contributed by atoms with van der Waals surface area (Å²) >= 11 is 0. The van der Waals surface area contributed by atoms with E-state index in [1.165, 1.54) is 22.9 Å². The van der Waals surface area contributed by atoms with Crippen LogP contribution in [0.4, 0.5) is 11.4 Å². The predicted octanol–water partition coefficient (Wildman–Crippen LogP) is 3.85. The predicted molar refractivity (Wildman–Crippen MR) is 132 cm³/mol. The van der Waals surface area contributed by atoms with Crippen LogP contribution in [0.2, 0.25) is 0 Å². The lowest BCUT2D eigenvalue weighted by Crippen LogP contribution is -2.23. The molecular weight excluding hydrogens is 452 g/mol. The molecule has 0 fully saturated rings. The minimum atomic E-state index is -4.10.